The van der Waals surface area contributed by atoms with Crippen LogP contribution in [0.25, 0.3) is 0 Å². The van der Waals surface area contributed by atoms with Crippen molar-refractivity contribution in [2.75, 3.05) is 32.7 Å². The van der Waals surface area contributed by atoms with Gasteiger partial charge >= 0.3 is 0 Å². The largest absolute Gasteiger partial charge is 0.352 e. The van der Waals surface area contributed by atoms with Crippen LogP contribution >= 0.6 is 11.6 Å². The number of nitrogens with zero attached hydrogens (tertiary/aromatic N) is 2. The van der Waals surface area contributed by atoms with Crippen LogP contribution in [0.15, 0.2) is 29.2 Å². The van der Waals surface area contributed by atoms with Gasteiger partial charge in [-0.05, 0) is 31.0 Å². The molecule has 2 rings (SSSR count). The molecule has 1 fully saturated rings. The molecule has 1 heterocycles. The van der Waals surface area contributed by atoms with E-state index in [1.54, 1.807) is 18.2 Å². The van der Waals surface area contributed by atoms with Gasteiger partial charge in [0, 0.05) is 37.2 Å². The minimum Gasteiger partial charge on any atom is -0.352 e. The number of benzene rings is 1. The Balaban J connectivity index is 1.90. The van der Waals surface area contributed by atoms with Gasteiger partial charge in [0.1, 0.15) is 0 Å². The number of carbonyl (C=O) groups excluding carboxylic acids is 1. The van der Waals surface area contributed by atoms with E-state index in [0.29, 0.717) is 37.7 Å². The molecule has 0 atom stereocenters. The van der Waals surface area contributed by atoms with Gasteiger partial charge in [-0.3, -0.25) is 9.69 Å². The Bertz CT molecular complexity index is 684. The van der Waals surface area contributed by atoms with E-state index in [-0.39, 0.29) is 16.8 Å². The van der Waals surface area contributed by atoms with Crippen LogP contribution in [0, 0.1) is 0 Å². The van der Waals surface area contributed by atoms with Crippen LogP contribution in [-0.2, 0) is 14.8 Å². The van der Waals surface area contributed by atoms with E-state index in [0.717, 1.165) is 12.8 Å². The molecule has 1 aromatic rings. The van der Waals surface area contributed by atoms with E-state index in [9.17, 15) is 13.2 Å². The van der Waals surface area contributed by atoms with Gasteiger partial charge in [-0.25, -0.2) is 8.42 Å². The lowest BCUT2D eigenvalue weighted by Gasteiger charge is -2.33. The molecule has 0 spiro atoms. The molecular weight excluding hydrogens is 362 g/mol. The summed E-state index contributed by atoms with van der Waals surface area (Å²) in [5, 5.41) is 3.41. The van der Waals surface area contributed by atoms with Gasteiger partial charge in [-0.1, -0.05) is 31.5 Å². The summed E-state index contributed by atoms with van der Waals surface area (Å²) in [5.74, 6) is -0.000140. The maximum atomic E-state index is 12.7. The highest BCUT2D eigenvalue weighted by atomic mass is 35.5. The molecule has 1 aromatic carbocycles. The third kappa shape index (κ3) is 5.41. The van der Waals surface area contributed by atoms with Crippen molar-refractivity contribution in [2.24, 2.45) is 0 Å². The second-order valence-corrected chi connectivity index (χ2v) is 8.59. The van der Waals surface area contributed by atoms with Crippen molar-refractivity contribution in [1.82, 2.24) is 14.5 Å². The van der Waals surface area contributed by atoms with Crippen molar-refractivity contribution in [1.29, 1.82) is 0 Å². The number of hydrogen-bond acceptors (Lipinski definition) is 4. The van der Waals surface area contributed by atoms with Gasteiger partial charge < -0.3 is 5.32 Å². The molecule has 0 aliphatic carbocycles. The van der Waals surface area contributed by atoms with Crippen molar-refractivity contribution in [2.45, 2.75) is 37.6 Å². The zero-order chi connectivity index (χ0) is 18.4. The molecule has 1 aliphatic rings. The van der Waals surface area contributed by atoms with Gasteiger partial charge in [0.25, 0.3) is 0 Å². The van der Waals surface area contributed by atoms with Crippen molar-refractivity contribution in [3.05, 3.63) is 29.3 Å². The first kappa shape index (κ1) is 20.2. The maximum absolute atomic E-state index is 12.7. The second kappa shape index (κ2) is 8.98. The SMILES string of the molecule is CCC(CC)NC(=O)CN1CCN(S(=O)(=O)c2cccc(Cl)c2)CC1. The molecule has 25 heavy (non-hydrogen) atoms. The molecule has 0 saturated carbocycles. The fourth-order valence-corrected chi connectivity index (χ4v) is 4.60. The zero-order valence-corrected chi connectivity index (χ0v) is 16.3. The summed E-state index contributed by atoms with van der Waals surface area (Å²) >= 11 is 5.90. The molecule has 8 heteroatoms. The molecular formula is C17H26ClN3O3S. The first-order valence-corrected chi connectivity index (χ1v) is 10.5. The Morgan fingerprint density at radius 1 is 1.20 bits per heavy atom. The van der Waals surface area contributed by atoms with E-state index in [1.807, 2.05) is 18.7 Å². The third-order valence-electron chi connectivity index (χ3n) is 4.48. The smallest absolute Gasteiger partial charge is 0.243 e. The van der Waals surface area contributed by atoms with Gasteiger partial charge in [-0.15, -0.1) is 0 Å². The summed E-state index contributed by atoms with van der Waals surface area (Å²) in [7, 11) is -3.54. The summed E-state index contributed by atoms with van der Waals surface area (Å²) in [5.41, 5.74) is 0. The number of halogens is 1. The summed E-state index contributed by atoms with van der Waals surface area (Å²) < 4.78 is 26.8. The number of carbonyl (C=O) groups is 1. The topological polar surface area (TPSA) is 69.7 Å². The van der Waals surface area contributed by atoms with Gasteiger partial charge in [0.2, 0.25) is 15.9 Å². The lowest BCUT2D eigenvalue weighted by Crippen LogP contribution is -2.51. The summed E-state index contributed by atoms with van der Waals surface area (Å²) in [4.78, 5) is 14.3. The maximum Gasteiger partial charge on any atom is 0.243 e. The third-order valence-corrected chi connectivity index (χ3v) is 6.61. The highest BCUT2D eigenvalue weighted by Gasteiger charge is 2.29. The van der Waals surface area contributed by atoms with Crippen LogP contribution in [0.5, 0.6) is 0 Å². The Morgan fingerprint density at radius 2 is 1.84 bits per heavy atom. The number of amides is 1. The molecule has 6 nitrogen and oxygen atoms in total. The summed E-state index contributed by atoms with van der Waals surface area (Å²) in [6, 6.07) is 6.50. The second-order valence-electron chi connectivity index (χ2n) is 6.22. The summed E-state index contributed by atoms with van der Waals surface area (Å²) in [6.45, 7) is 6.22. The first-order chi connectivity index (χ1) is 11.9. The average Bonchev–Trinajstić information content (AvgIpc) is 2.60. The quantitative estimate of drug-likeness (QED) is 0.776. The fraction of sp³-hybridized carbons (Fsp3) is 0.588. The predicted molar refractivity (Wildman–Crippen MR) is 99.2 cm³/mol. The minimum atomic E-state index is -3.54. The predicted octanol–water partition coefficient (Wildman–Crippen LogP) is 1.95. The number of rotatable bonds is 7. The lowest BCUT2D eigenvalue weighted by atomic mass is 10.2. The molecule has 1 amide bonds. The highest BCUT2D eigenvalue weighted by Crippen LogP contribution is 2.20. The van der Waals surface area contributed by atoms with Crippen LogP contribution in [0.2, 0.25) is 5.02 Å². The lowest BCUT2D eigenvalue weighted by molar-refractivity contribution is -0.123. The molecule has 0 aromatic heterocycles. The monoisotopic (exact) mass is 387 g/mol. The number of nitrogens with one attached hydrogen (secondary N) is 1. The minimum absolute atomic E-state index is 0.000140. The van der Waals surface area contributed by atoms with E-state index >= 15 is 0 Å². The molecule has 140 valence electrons. The Labute approximate surface area is 155 Å². The van der Waals surface area contributed by atoms with Crippen LogP contribution < -0.4 is 5.32 Å². The Kier molecular flexibility index (Phi) is 7.25. The molecule has 0 radical (unpaired) electrons. The van der Waals surface area contributed by atoms with Crippen molar-refractivity contribution in [3.8, 4) is 0 Å². The van der Waals surface area contributed by atoms with Gasteiger partial charge in [0.15, 0.2) is 0 Å². The van der Waals surface area contributed by atoms with Crippen LogP contribution in [-0.4, -0.2) is 62.3 Å². The number of piperazine rings is 1. The normalized spacial score (nSPS) is 17.0. The van der Waals surface area contributed by atoms with Crippen LogP contribution in [0.3, 0.4) is 0 Å². The standard InChI is InChI=1S/C17H26ClN3O3S/c1-3-15(4-2)19-17(22)13-20-8-10-21(11-9-20)25(23,24)16-7-5-6-14(18)12-16/h5-7,12,15H,3-4,8-11,13H2,1-2H3,(H,19,22). The molecule has 0 bridgehead atoms. The highest BCUT2D eigenvalue weighted by molar-refractivity contribution is 7.89. The zero-order valence-electron chi connectivity index (χ0n) is 14.7. The summed E-state index contributed by atoms with van der Waals surface area (Å²) in [6.07, 6.45) is 1.82. The Morgan fingerprint density at radius 3 is 2.40 bits per heavy atom. The average molecular weight is 388 g/mol. The van der Waals surface area contributed by atoms with Crippen molar-refractivity contribution < 1.29 is 13.2 Å². The van der Waals surface area contributed by atoms with E-state index < -0.39 is 10.0 Å². The van der Waals surface area contributed by atoms with Gasteiger partial charge in [0.05, 0.1) is 11.4 Å². The van der Waals surface area contributed by atoms with Gasteiger partial charge in [-0.2, -0.15) is 4.31 Å². The molecule has 1 N–H and O–H groups in total. The van der Waals surface area contributed by atoms with Crippen molar-refractivity contribution >= 4 is 27.5 Å². The van der Waals surface area contributed by atoms with Crippen molar-refractivity contribution in [3.63, 3.8) is 0 Å². The van der Waals surface area contributed by atoms with E-state index in [1.165, 1.54) is 10.4 Å². The van der Waals surface area contributed by atoms with Crippen LogP contribution in [0.4, 0.5) is 0 Å². The Hall–Kier alpha value is -1.15. The molecule has 0 unspecified atom stereocenters. The van der Waals surface area contributed by atoms with E-state index in [2.05, 4.69) is 5.32 Å². The fourth-order valence-electron chi connectivity index (χ4n) is 2.87. The first-order valence-electron chi connectivity index (χ1n) is 8.64. The molecule has 1 aliphatic heterocycles. The van der Waals surface area contributed by atoms with Crippen LogP contribution in [0.1, 0.15) is 26.7 Å². The van der Waals surface area contributed by atoms with E-state index in [4.69, 9.17) is 11.6 Å². The number of hydrogen-bond donors (Lipinski definition) is 1. The number of sulfonamides is 1. The molecule has 1 saturated heterocycles.